The molecule has 16 heavy (non-hydrogen) atoms. The van der Waals surface area contributed by atoms with E-state index in [0.29, 0.717) is 5.56 Å². The normalized spacial score (nSPS) is 13.8. The standard InChI is InChI=1S/C10H12ClFO3S/c1-7(13)5-16(14,15)6-8-2-3-9(12)4-10(8)11/h2-4,7,13H,5-6H2,1H3. The molecule has 1 unspecified atom stereocenters. The smallest absolute Gasteiger partial charge is 0.157 e. The molecule has 0 radical (unpaired) electrons. The van der Waals surface area contributed by atoms with Gasteiger partial charge in [0.25, 0.3) is 0 Å². The highest BCUT2D eigenvalue weighted by atomic mass is 35.5. The summed E-state index contributed by atoms with van der Waals surface area (Å²) in [6, 6.07) is 3.55. The summed E-state index contributed by atoms with van der Waals surface area (Å²) in [6.07, 6.45) is -0.927. The molecule has 0 spiro atoms. The monoisotopic (exact) mass is 266 g/mol. The van der Waals surface area contributed by atoms with Gasteiger partial charge in [0.2, 0.25) is 0 Å². The molecule has 0 saturated heterocycles. The van der Waals surface area contributed by atoms with E-state index in [1.54, 1.807) is 0 Å². The highest BCUT2D eigenvalue weighted by Crippen LogP contribution is 2.20. The molecule has 0 amide bonds. The van der Waals surface area contributed by atoms with Crippen LogP contribution in [0.15, 0.2) is 18.2 Å². The van der Waals surface area contributed by atoms with Gasteiger partial charge in [0.1, 0.15) is 5.82 Å². The van der Waals surface area contributed by atoms with Crippen molar-refractivity contribution < 1.29 is 17.9 Å². The zero-order chi connectivity index (χ0) is 12.3. The fourth-order valence-electron chi connectivity index (χ4n) is 1.30. The Morgan fingerprint density at radius 1 is 1.50 bits per heavy atom. The van der Waals surface area contributed by atoms with Crippen molar-refractivity contribution in [1.82, 2.24) is 0 Å². The summed E-state index contributed by atoms with van der Waals surface area (Å²) in [5.74, 6) is -1.14. The van der Waals surface area contributed by atoms with E-state index in [0.717, 1.165) is 12.1 Å². The van der Waals surface area contributed by atoms with E-state index in [4.69, 9.17) is 16.7 Å². The minimum atomic E-state index is -3.43. The van der Waals surface area contributed by atoms with E-state index < -0.39 is 21.8 Å². The highest BCUT2D eigenvalue weighted by molar-refractivity contribution is 7.90. The van der Waals surface area contributed by atoms with Gasteiger partial charge in [0.05, 0.1) is 17.6 Å². The van der Waals surface area contributed by atoms with Crippen LogP contribution in [0.3, 0.4) is 0 Å². The van der Waals surface area contributed by atoms with Gasteiger partial charge in [0, 0.05) is 5.02 Å². The number of sulfone groups is 1. The Labute approximate surface area is 98.8 Å². The van der Waals surface area contributed by atoms with Gasteiger partial charge >= 0.3 is 0 Å². The molecule has 1 atom stereocenters. The molecule has 0 saturated carbocycles. The van der Waals surface area contributed by atoms with Crippen molar-refractivity contribution in [2.45, 2.75) is 18.8 Å². The SMILES string of the molecule is CC(O)CS(=O)(=O)Cc1ccc(F)cc1Cl. The van der Waals surface area contributed by atoms with E-state index in [2.05, 4.69) is 0 Å². The Balaban J connectivity index is 2.88. The lowest BCUT2D eigenvalue weighted by Crippen LogP contribution is -2.19. The zero-order valence-corrected chi connectivity index (χ0v) is 10.2. The number of benzene rings is 1. The molecule has 0 heterocycles. The summed E-state index contributed by atoms with van der Waals surface area (Å²) >= 11 is 5.71. The average molecular weight is 267 g/mol. The fourth-order valence-corrected chi connectivity index (χ4v) is 3.19. The van der Waals surface area contributed by atoms with Crippen LogP contribution in [-0.2, 0) is 15.6 Å². The molecule has 0 aliphatic carbocycles. The van der Waals surface area contributed by atoms with Crippen LogP contribution in [0.5, 0.6) is 0 Å². The van der Waals surface area contributed by atoms with Crippen LogP contribution in [0.1, 0.15) is 12.5 Å². The molecule has 1 N–H and O–H groups in total. The molecule has 0 aromatic heterocycles. The second kappa shape index (κ2) is 5.12. The first-order valence-corrected chi connectivity index (χ1v) is 6.82. The highest BCUT2D eigenvalue weighted by Gasteiger charge is 2.16. The molecule has 0 bridgehead atoms. The predicted molar refractivity (Wildman–Crippen MR) is 60.6 cm³/mol. The summed E-state index contributed by atoms with van der Waals surface area (Å²) in [5.41, 5.74) is 0.337. The van der Waals surface area contributed by atoms with Crippen LogP contribution >= 0.6 is 11.6 Å². The number of hydrogen-bond acceptors (Lipinski definition) is 3. The maximum absolute atomic E-state index is 12.7. The molecule has 0 fully saturated rings. The molecule has 6 heteroatoms. The van der Waals surface area contributed by atoms with Crippen molar-refractivity contribution in [2.75, 3.05) is 5.75 Å². The minimum Gasteiger partial charge on any atom is -0.392 e. The molecule has 90 valence electrons. The molecule has 0 aliphatic rings. The van der Waals surface area contributed by atoms with E-state index >= 15 is 0 Å². The van der Waals surface area contributed by atoms with Crippen LogP contribution in [0.25, 0.3) is 0 Å². The van der Waals surface area contributed by atoms with Crippen molar-refractivity contribution >= 4 is 21.4 Å². The molecule has 1 rings (SSSR count). The van der Waals surface area contributed by atoms with E-state index in [-0.39, 0.29) is 16.5 Å². The predicted octanol–water partition coefficient (Wildman–Crippen LogP) is 1.77. The number of aliphatic hydroxyl groups excluding tert-OH is 1. The third-order valence-electron chi connectivity index (χ3n) is 1.89. The first-order chi connectivity index (χ1) is 7.30. The molecule has 1 aromatic carbocycles. The van der Waals surface area contributed by atoms with Crippen molar-refractivity contribution in [3.05, 3.63) is 34.6 Å². The maximum atomic E-state index is 12.7. The first-order valence-electron chi connectivity index (χ1n) is 4.62. The maximum Gasteiger partial charge on any atom is 0.157 e. The van der Waals surface area contributed by atoms with Gasteiger partial charge in [0.15, 0.2) is 9.84 Å². The minimum absolute atomic E-state index is 0.0779. The molecule has 3 nitrogen and oxygen atoms in total. The number of hydrogen-bond donors (Lipinski definition) is 1. The fraction of sp³-hybridized carbons (Fsp3) is 0.400. The van der Waals surface area contributed by atoms with Gasteiger partial charge in [-0.3, -0.25) is 0 Å². The summed E-state index contributed by atoms with van der Waals surface area (Å²) in [6.45, 7) is 1.39. The zero-order valence-electron chi connectivity index (χ0n) is 8.65. The van der Waals surface area contributed by atoms with E-state index in [1.165, 1.54) is 13.0 Å². The van der Waals surface area contributed by atoms with Crippen molar-refractivity contribution in [3.63, 3.8) is 0 Å². The molecule has 1 aromatic rings. The average Bonchev–Trinajstić information content (AvgIpc) is 2.07. The Hall–Kier alpha value is -0.650. The summed E-state index contributed by atoms with van der Waals surface area (Å²) < 4.78 is 35.8. The topological polar surface area (TPSA) is 54.4 Å². The van der Waals surface area contributed by atoms with Crippen molar-refractivity contribution in [2.24, 2.45) is 0 Å². The van der Waals surface area contributed by atoms with Crippen molar-refractivity contribution in [3.8, 4) is 0 Å². The van der Waals surface area contributed by atoms with Crippen LogP contribution in [-0.4, -0.2) is 25.4 Å². The quantitative estimate of drug-likeness (QED) is 0.904. The number of aliphatic hydroxyl groups is 1. The van der Waals surface area contributed by atoms with Crippen LogP contribution in [0.4, 0.5) is 4.39 Å². The van der Waals surface area contributed by atoms with Crippen LogP contribution in [0, 0.1) is 5.82 Å². The lowest BCUT2D eigenvalue weighted by Gasteiger charge is -2.07. The largest absolute Gasteiger partial charge is 0.392 e. The van der Waals surface area contributed by atoms with Gasteiger partial charge in [-0.1, -0.05) is 17.7 Å². The molecule has 0 aliphatic heterocycles. The molecular weight excluding hydrogens is 255 g/mol. The summed E-state index contributed by atoms with van der Waals surface area (Å²) in [7, 11) is -3.43. The van der Waals surface area contributed by atoms with Gasteiger partial charge in [-0.05, 0) is 24.6 Å². The van der Waals surface area contributed by atoms with E-state index in [1.807, 2.05) is 0 Å². The van der Waals surface area contributed by atoms with Gasteiger partial charge in [-0.25, -0.2) is 12.8 Å². The second-order valence-corrected chi connectivity index (χ2v) is 6.16. The summed E-state index contributed by atoms with van der Waals surface area (Å²) in [4.78, 5) is 0. The Morgan fingerprint density at radius 2 is 2.12 bits per heavy atom. The van der Waals surface area contributed by atoms with Gasteiger partial charge in [-0.15, -0.1) is 0 Å². The Morgan fingerprint density at radius 3 is 2.62 bits per heavy atom. The van der Waals surface area contributed by atoms with Gasteiger partial charge < -0.3 is 5.11 Å². The van der Waals surface area contributed by atoms with Crippen LogP contribution in [0.2, 0.25) is 5.02 Å². The third kappa shape index (κ3) is 4.08. The Kier molecular flexibility index (Phi) is 4.29. The number of halogens is 2. The molecular formula is C10H12ClFO3S. The lowest BCUT2D eigenvalue weighted by atomic mass is 10.2. The Bertz CT molecular complexity index is 471. The number of rotatable bonds is 4. The second-order valence-electron chi connectivity index (χ2n) is 3.64. The lowest BCUT2D eigenvalue weighted by molar-refractivity contribution is 0.218. The summed E-state index contributed by atoms with van der Waals surface area (Å²) in [5, 5.41) is 9.09. The van der Waals surface area contributed by atoms with E-state index in [9.17, 15) is 12.8 Å². The van der Waals surface area contributed by atoms with Gasteiger partial charge in [-0.2, -0.15) is 0 Å². The third-order valence-corrected chi connectivity index (χ3v) is 3.98. The first kappa shape index (κ1) is 13.4. The van der Waals surface area contributed by atoms with Crippen LogP contribution < -0.4 is 0 Å². The van der Waals surface area contributed by atoms with Crippen molar-refractivity contribution in [1.29, 1.82) is 0 Å².